The Morgan fingerprint density at radius 1 is 1.57 bits per heavy atom. The Morgan fingerprint density at radius 3 is 2.29 bits per heavy atom. The first kappa shape index (κ1) is 4.85. The molecule has 1 heteroatoms. The molecule has 0 aromatic heterocycles. The van der Waals surface area contributed by atoms with E-state index in [9.17, 15) is 0 Å². The first-order chi connectivity index (χ1) is 3.27. The van der Waals surface area contributed by atoms with Crippen molar-refractivity contribution in [1.82, 2.24) is 0 Å². The number of rotatable bonds is 1. The van der Waals surface area contributed by atoms with E-state index >= 15 is 0 Å². The van der Waals surface area contributed by atoms with Crippen LogP contribution in [0.15, 0.2) is 12.2 Å². The van der Waals surface area contributed by atoms with Gasteiger partial charge in [0, 0.05) is 5.54 Å². The van der Waals surface area contributed by atoms with Gasteiger partial charge in [0.2, 0.25) is 0 Å². The van der Waals surface area contributed by atoms with Crippen molar-refractivity contribution in [1.29, 1.82) is 0 Å². The summed E-state index contributed by atoms with van der Waals surface area (Å²) in [4.78, 5) is 0. The maximum atomic E-state index is 5.67. The van der Waals surface area contributed by atoms with E-state index in [4.69, 9.17) is 5.73 Å². The fourth-order valence-corrected chi connectivity index (χ4v) is 0.643. The quantitative estimate of drug-likeness (QED) is 0.486. The van der Waals surface area contributed by atoms with E-state index in [2.05, 4.69) is 6.08 Å². The van der Waals surface area contributed by atoms with E-state index in [0.29, 0.717) is 0 Å². The third-order valence-electron chi connectivity index (χ3n) is 1.33. The molecule has 0 radical (unpaired) electrons. The van der Waals surface area contributed by atoms with Crippen LogP contribution in [0.3, 0.4) is 0 Å². The molecule has 0 aliphatic heterocycles. The lowest BCUT2D eigenvalue weighted by atomic mass is 10.3. The van der Waals surface area contributed by atoms with Gasteiger partial charge in [0.15, 0.2) is 0 Å². The molecule has 0 amide bonds. The van der Waals surface area contributed by atoms with Crippen LogP contribution in [0.2, 0.25) is 0 Å². The van der Waals surface area contributed by atoms with Crippen LogP contribution in [0.5, 0.6) is 0 Å². The van der Waals surface area contributed by atoms with Gasteiger partial charge in [-0.15, -0.1) is 0 Å². The Labute approximate surface area is 44.2 Å². The summed E-state index contributed by atoms with van der Waals surface area (Å²) < 4.78 is 0. The lowest BCUT2D eigenvalue weighted by molar-refractivity contribution is 0.854. The molecule has 0 spiro atoms. The van der Waals surface area contributed by atoms with Gasteiger partial charge in [0.25, 0.3) is 0 Å². The molecule has 1 aliphatic rings. The molecule has 1 nitrogen and oxygen atoms in total. The molecule has 1 fully saturated rings. The van der Waals surface area contributed by atoms with Gasteiger partial charge in [0.1, 0.15) is 0 Å². The number of allylic oxidation sites excluding steroid dienone is 1. The van der Waals surface area contributed by atoms with Gasteiger partial charge in [-0.1, -0.05) is 12.2 Å². The molecular formula is C6H11N. The molecule has 0 unspecified atom stereocenters. The monoisotopic (exact) mass is 97.1 g/mol. The van der Waals surface area contributed by atoms with Crippen LogP contribution >= 0.6 is 0 Å². The van der Waals surface area contributed by atoms with Crippen LogP contribution in [0, 0.1) is 0 Å². The van der Waals surface area contributed by atoms with E-state index in [1.54, 1.807) is 0 Å². The highest BCUT2D eigenvalue weighted by Crippen LogP contribution is 2.33. The molecule has 1 rings (SSSR count). The zero-order valence-electron chi connectivity index (χ0n) is 4.65. The zero-order chi connectivity index (χ0) is 5.33. The molecule has 0 bridgehead atoms. The Morgan fingerprint density at radius 2 is 2.14 bits per heavy atom. The molecule has 1 saturated carbocycles. The first-order valence-corrected chi connectivity index (χ1v) is 2.70. The van der Waals surface area contributed by atoms with Crippen LogP contribution in [-0.2, 0) is 0 Å². The minimum absolute atomic E-state index is 0.120. The van der Waals surface area contributed by atoms with E-state index in [1.807, 2.05) is 13.0 Å². The predicted octanol–water partition coefficient (Wildman–Crippen LogP) is 1.05. The first-order valence-electron chi connectivity index (χ1n) is 2.70. The zero-order valence-corrected chi connectivity index (χ0v) is 4.65. The predicted molar refractivity (Wildman–Crippen MR) is 31.0 cm³/mol. The van der Waals surface area contributed by atoms with Crippen LogP contribution in [0.4, 0.5) is 0 Å². The molecule has 0 aromatic rings. The lowest BCUT2D eigenvalue weighted by Gasteiger charge is -1.94. The summed E-state index contributed by atoms with van der Waals surface area (Å²) in [6.07, 6.45) is 6.45. The van der Waals surface area contributed by atoms with Gasteiger partial charge in [-0.3, -0.25) is 0 Å². The largest absolute Gasteiger partial charge is 0.322 e. The van der Waals surface area contributed by atoms with Gasteiger partial charge < -0.3 is 5.73 Å². The average Bonchev–Trinajstić information content (AvgIpc) is 2.22. The Hall–Kier alpha value is -0.300. The molecule has 7 heavy (non-hydrogen) atoms. The molecule has 1 aliphatic carbocycles. The van der Waals surface area contributed by atoms with Crippen molar-refractivity contribution in [3.63, 3.8) is 0 Å². The molecule has 0 aromatic carbocycles. The standard InChI is InChI=1S/C6H11N/c1-2-3-6(7)4-5-6/h2-3H,4-5,7H2,1H3/b3-2-. The molecular weight excluding hydrogens is 86.1 g/mol. The molecule has 0 atom stereocenters. The average molecular weight is 97.2 g/mol. The minimum Gasteiger partial charge on any atom is -0.322 e. The molecule has 40 valence electrons. The third-order valence-corrected chi connectivity index (χ3v) is 1.33. The third kappa shape index (κ3) is 1.03. The van der Waals surface area contributed by atoms with Gasteiger partial charge in [0.05, 0.1) is 0 Å². The van der Waals surface area contributed by atoms with Gasteiger partial charge in [-0.2, -0.15) is 0 Å². The summed E-state index contributed by atoms with van der Waals surface area (Å²) in [6, 6.07) is 0. The fraction of sp³-hybridized carbons (Fsp3) is 0.667. The van der Waals surface area contributed by atoms with E-state index < -0.39 is 0 Å². The Kier molecular flexibility index (Phi) is 0.927. The summed E-state index contributed by atoms with van der Waals surface area (Å²) in [5.74, 6) is 0. The number of hydrogen-bond acceptors (Lipinski definition) is 1. The van der Waals surface area contributed by atoms with Crippen molar-refractivity contribution >= 4 is 0 Å². The fourth-order valence-electron chi connectivity index (χ4n) is 0.643. The lowest BCUT2D eigenvalue weighted by Crippen LogP contribution is -2.17. The topological polar surface area (TPSA) is 26.0 Å². The van der Waals surface area contributed by atoms with E-state index in [0.717, 1.165) is 0 Å². The maximum absolute atomic E-state index is 5.67. The summed E-state index contributed by atoms with van der Waals surface area (Å²) in [6.45, 7) is 2.01. The second kappa shape index (κ2) is 1.34. The minimum atomic E-state index is 0.120. The van der Waals surface area contributed by atoms with Crippen molar-refractivity contribution < 1.29 is 0 Å². The summed E-state index contributed by atoms with van der Waals surface area (Å²) >= 11 is 0. The normalized spacial score (nSPS) is 26.0. The SMILES string of the molecule is C/C=C\C1(N)CC1. The van der Waals surface area contributed by atoms with Gasteiger partial charge in [-0.05, 0) is 19.8 Å². The van der Waals surface area contributed by atoms with Crippen LogP contribution in [-0.4, -0.2) is 5.54 Å². The van der Waals surface area contributed by atoms with Crippen molar-refractivity contribution in [3.8, 4) is 0 Å². The van der Waals surface area contributed by atoms with Gasteiger partial charge in [-0.25, -0.2) is 0 Å². The van der Waals surface area contributed by atoms with Crippen molar-refractivity contribution in [2.24, 2.45) is 5.73 Å². The van der Waals surface area contributed by atoms with Crippen LogP contribution < -0.4 is 5.73 Å². The Bertz CT molecular complexity index is 90.4. The summed E-state index contributed by atoms with van der Waals surface area (Å²) in [5.41, 5.74) is 5.79. The highest BCUT2D eigenvalue weighted by atomic mass is 14.8. The maximum Gasteiger partial charge on any atom is 0.0340 e. The Balaban J connectivity index is 2.40. The molecule has 2 N–H and O–H groups in total. The highest BCUT2D eigenvalue weighted by molar-refractivity contribution is 5.13. The van der Waals surface area contributed by atoms with Crippen molar-refractivity contribution in [2.45, 2.75) is 25.3 Å². The number of nitrogens with two attached hydrogens (primary N) is 1. The van der Waals surface area contributed by atoms with E-state index in [1.165, 1.54) is 12.8 Å². The summed E-state index contributed by atoms with van der Waals surface area (Å²) in [5, 5.41) is 0. The van der Waals surface area contributed by atoms with E-state index in [-0.39, 0.29) is 5.54 Å². The summed E-state index contributed by atoms with van der Waals surface area (Å²) in [7, 11) is 0. The smallest absolute Gasteiger partial charge is 0.0340 e. The van der Waals surface area contributed by atoms with Crippen molar-refractivity contribution in [2.75, 3.05) is 0 Å². The van der Waals surface area contributed by atoms with Crippen molar-refractivity contribution in [3.05, 3.63) is 12.2 Å². The second-order valence-corrected chi connectivity index (χ2v) is 2.23. The molecule has 0 saturated heterocycles. The van der Waals surface area contributed by atoms with Crippen LogP contribution in [0.1, 0.15) is 19.8 Å². The van der Waals surface area contributed by atoms with Gasteiger partial charge >= 0.3 is 0 Å². The highest BCUT2D eigenvalue weighted by Gasteiger charge is 2.34. The van der Waals surface area contributed by atoms with Crippen LogP contribution in [0.25, 0.3) is 0 Å². The second-order valence-electron chi connectivity index (χ2n) is 2.23. The molecule has 0 heterocycles. The number of hydrogen-bond donors (Lipinski definition) is 1.